The molecule has 0 amide bonds. The lowest BCUT2D eigenvalue weighted by Gasteiger charge is -2.16. The smallest absolute Gasteiger partial charge is 0.191 e. The number of aromatic nitrogens is 1. The summed E-state index contributed by atoms with van der Waals surface area (Å²) >= 11 is 1.67. The molecular formula is C18H26N4O3S. The number of aliphatic imine (C=N–C) groups is 1. The summed E-state index contributed by atoms with van der Waals surface area (Å²) in [7, 11) is 6.59. The van der Waals surface area contributed by atoms with Crippen molar-refractivity contribution in [1.82, 2.24) is 15.6 Å². The summed E-state index contributed by atoms with van der Waals surface area (Å²) in [5.41, 5.74) is 2.04. The molecule has 26 heavy (non-hydrogen) atoms. The molecule has 0 radical (unpaired) electrons. The number of thiazole rings is 1. The molecule has 1 aromatic carbocycles. The van der Waals surface area contributed by atoms with E-state index in [0.29, 0.717) is 24.0 Å². The van der Waals surface area contributed by atoms with Gasteiger partial charge in [-0.1, -0.05) is 0 Å². The molecule has 2 aromatic rings. The van der Waals surface area contributed by atoms with E-state index in [-0.39, 0.29) is 0 Å². The highest BCUT2D eigenvalue weighted by atomic mass is 32.1. The van der Waals surface area contributed by atoms with Crippen molar-refractivity contribution in [3.63, 3.8) is 0 Å². The number of benzene rings is 1. The van der Waals surface area contributed by atoms with Crippen LogP contribution in [0, 0.1) is 6.92 Å². The SMILES string of the molecule is CN=C(NCCc1csc(C)n1)NCc1cc(OC)c(OC)cc1OC. The first-order valence-corrected chi connectivity index (χ1v) is 9.13. The largest absolute Gasteiger partial charge is 0.496 e. The second-order valence-electron chi connectivity index (χ2n) is 5.48. The third-order valence-electron chi connectivity index (χ3n) is 3.80. The number of guanidine groups is 1. The molecule has 0 aliphatic carbocycles. The average Bonchev–Trinajstić information content (AvgIpc) is 3.08. The highest BCUT2D eigenvalue weighted by Gasteiger charge is 2.12. The van der Waals surface area contributed by atoms with Gasteiger partial charge in [0.05, 0.1) is 32.0 Å². The van der Waals surface area contributed by atoms with E-state index < -0.39 is 0 Å². The number of nitrogens with zero attached hydrogens (tertiary/aromatic N) is 2. The molecule has 0 saturated heterocycles. The zero-order valence-corrected chi connectivity index (χ0v) is 16.7. The van der Waals surface area contributed by atoms with Crippen molar-refractivity contribution in [2.75, 3.05) is 34.9 Å². The molecule has 0 saturated carbocycles. The van der Waals surface area contributed by atoms with Crippen LogP contribution in [0.5, 0.6) is 17.2 Å². The Hall–Kier alpha value is -2.48. The van der Waals surface area contributed by atoms with Crippen LogP contribution in [0.1, 0.15) is 16.3 Å². The predicted molar refractivity (Wildman–Crippen MR) is 105 cm³/mol. The molecule has 8 heteroatoms. The molecule has 0 aliphatic rings. The zero-order chi connectivity index (χ0) is 18.9. The van der Waals surface area contributed by atoms with Crippen LogP contribution in [-0.2, 0) is 13.0 Å². The highest BCUT2D eigenvalue weighted by Crippen LogP contribution is 2.34. The third kappa shape index (κ3) is 5.26. The quantitative estimate of drug-likeness (QED) is 0.543. The summed E-state index contributed by atoms with van der Waals surface area (Å²) in [6.07, 6.45) is 0.852. The van der Waals surface area contributed by atoms with Gasteiger partial charge in [-0.05, 0) is 13.0 Å². The van der Waals surface area contributed by atoms with E-state index in [2.05, 4.69) is 26.0 Å². The molecule has 0 aliphatic heterocycles. The lowest BCUT2D eigenvalue weighted by molar-refractivity contribution is 0.347. The molecule has 0 bridgehead atoms. The number of hydrogen-bond donors (Lipinski definition) is 2. The van der Waals surface area contributed by atoms with Gasteiger partial charge in [0.25, 0.3) is 0 Å². The average molecular weight is 378 g/mol. The van der Waals surface area contributed by atoms with Gasteiger partial charge in [0.1, 0.15) is 5.75 Å². The number of nitrogens with one attached hydrogen (secondary N) is 2. The third-order valence-corrected chi connectivity index (χ3v) is 4.62. The van der Waals surface area contributed by atoms with Gasteiger partial charge in [0.2, 0.25) is 0 Å². The molecular weight excluding hydrogens is 352 g/mol. The van der Waals surface area contributed by atoms with Gasteiger partial charge in [-0.25, -0.2) is 4.98 Å². The van der Waals surface area contributed by atoms with Crippen molar-refractivity contribution < 1.29 is 14.2 Å². The number of hydrogen-bond acceptors (Lipinski definition) is 6. The molecule has 7 nitrogen and oxygen atoms in total. The summed E-state index contributed by atoms with van der Waals surface area (Å²) in [4.78, 5) is 8.71. The molecule has 0 unspecified atom stereocenters. The summed E-state index contributed by atoms with van der Waals surface area (Å²) in [6.45, 7) is 3.31. The van der Waals surface area contributed by atoms with Gasteiger partial charge >= 0.3 is 0 Å². The molecule has 1 heterocycles. The second kappa shape index (κ2) is 9.86. The van der Waals surface area contributed by atoms with Gasteiger partial charge in [-0.2, -0.15) is 0 Å². The van der Waals surface area contributed by atoms with Gasteiger partial charge < -0.3 is 24.8 Å². The Balaban J connectivity index is 1.94. The molecule has 1 aromatic heterocycles. The standard InChI is InChI=1S/C18H26N4O3S/c1-12-22-14(11-26-12)6-7-20-18(19-2)21-10-13-8-16(24-4)17(25-5)9-15(13)23-3/h8-9,11H,6-7,10H2,1-5H3,(H2,19,20,21). The fourth-order valence-electron chi connectivity index (χ4n) is 2.46. The van der Waals surface area contributed by atoms with E-state index in [4.69, 9.17) is 14.2 Å². The Labute approximate surface area is 158 Å². The Morgan fingerprint density at radius 2 is 1.77 bits per heavy atom. The molecule has 142 valence electrons. The van der Waals surface area contributed by atoms with Crippen molar-refractivity contribution in [3.8, 4) is 17.2 Å². The number of methoxy groups -OCH3 is 3. The predicted octanol–water partition coefficient (Wildman–Crippen LogP) is 2.39. The minimum atomic E-state index is 0.541. The van der Waals surface area contributed by atoms with Crippen molar-refractivity contribution in [1.29, 1.82) is 0 Å². The molecule has 0 atom stereocenters. The van der Waals surface area contributed by atoms with Crippen molar-refractivity contribution in [2.45, 2.75) is 19.9 Å². The maximum Gasteiger partial charge on any atom is 0.191 e. The van der Waals surface area contributed by atoms with Crippen molar-refractivity contribution >= 4 is 17.3 Å². The van der Waals surface area contributed by atoms with E-state index in [0.717, 1.165) is 35.0 Å². The Kier molecular flexibility index (Phi) is 7.53. The summed E-state index contributed by atoms with van der Waals surface area (Å²) in [6, 6.07) is 3.71. The van der Waals surface area contributed by atoms with Gasteiger partial charge in [0, 0.05) is 43.6 Å². The number of ether oxygens (including phenoxy) is 3. The molecule has 2 rings (SSSR count). The topological polar surface area (TPSA) is 77.0 Å². The minimum Gasteiger partial charge on any atom is -0.496 e. The van der Waals surface area contributed by atoms with Gasteiger partial charge in [-0.15, -0.1) is 11.3 Å². The lowest BCUT2D eigenvalue weighted by atomic mass is 10.1. The van der Waals surface area contributed by atoms with Crippen LogP contribution in [0.4, 0.5) is 0 Å². The first-order chi connectivity index (χ1) is 12.6. The summed E-state index contributed by atoms with van der Waals surface area (Å²) in [5, 5.41) is 9.75. The second-order valence-corrected chi connectivity index (χ2v) is 6.54. The van der Waals surface area contributed by atoms with E-state index in [1.165, 1.54) is 0 Å². The van der Waals surface area contributed by atoms with Crippen LogP contribution in [-0.4, -0.2) is 45.9 Å². The van der Waals surface area contributed by atoms with Crippen LogP contribution < -0.4 is 24.8 Å². The van der Waals surface area contributed by atoms with Crippen LogP contribution in [0.2, 0.25) is 0 Å². The maximum absolute atomic E-state index is 5.45. The maximum atomic E-state index is 5.45. The first kappa shape index (κ1) is 19.8. The number of rotatable bonds is 8. The lowest BCUT2D eigenvalue weighted by Crippen LogP contribution is -2.38. The van der Waals surface area contributed by atoms with Crippen LogP contribution in [0.15, 0.2) is 22.5 Å². The van der Waals surface area contributed by atoms with E-state index in [1.807, 2.05) is 19.1 Å². The van der Waals surface area contributed by atoms with Crippen LogP contribution in [0.3, 0.4) is 0 Å². The van der Waals surface area contributed by atoms with Crippen LogP contribution in [0.25, 0.3) is 0 Å². The summed E-state index contributed by atoms with van der Waals surface area (Å²) in [5.74, 6) is 2.73. The summed E-state index contributed by atoms with van der Waals surface area (Å²) < 4.78 is 16.1. The van der Waals surface area contributed by atoms with E-state index in [9.17, 15) is 0 Å². The Morgan fingerprint density at radius 1 is 1.08 bits per heavy atom. The molecule has 0 spiro atoms. The first-order valence-electron chi connectivity index (χ1n) is 8.25. The number of aryl methyl sites for hydroxylation is 1. The highest BCUT2D eigenvalue weighted by molar-refractivity contribution is 7.09. The fraction of sp³-hybridized carbons (Fsp3) is 0.444. The Bertz CT molecular complexity index is 746. The fourth-order valence-corrected chi connectivity index (χ4v) is 3.11. The zero-order valence-electron chi connectivity index (χ0n) is 15.9. The van der Waals surface area contributed by atoms with E-state index in [1.54, 1.807) is 39.7 Å². The van der Waals surface area contributed by atoms with Crippen molar-refractivity contribution in [3.05, 3.63) is 33.8 Å². The normalized spacial score (nSPS) is 11.2. The minimum absolute atomic E-state index is 0.541. The Morgan fingerprint density at radius 3 is 2.35 bits per heavy atom. The van der Waals surface area contributed by atoms with Crippen molar-refractivity contribution in [2.24, 2.45) is 4.99 Å². The van der Waals surface area contributed by atoms with Crippen LogP contribution >= 0.6 is 11.3 Å². The van der Waals surface area contributed by atoms with Gasteiger partial charge in [-0.3, -0.25) is 4.99 Å². The molecule has 2 N–H and O–H groups in total. The monoisotopic (exact) mass is 378 g/mol. The van der Waals surface area contributed by atoms with E-state index >= 15 is 0 Å². The molecule has 0 fully saturated rings. The van der Waals surface area contributed by atoms with Gasteiger partial charge in [0.15, 0.2) is 17.5 Å².